The highest BCUT2D eigenvalue weighted by atomic mass is 16.5. The van der Waals surface area contributed by atoms with Crippen LogP contribution in [0, 0.1) is 5.92 Å². The van der Waals surface area contributed by atoms with E-state index in [9.17, 15) is 4.79 Å². The van der Waals surface area contributed by atoms with Crippen LogP contribution < -0.4 is 9.47 Å². The molecule has 4 nitrogen and oxygen atoms in total. The summed E-state index contributed by atoms with van der Waals surface area (Å²) in [7, 11) is 0. The van der Waals surface area contributed by atoms with Crippen molar-refractivity contribution >= 4 is 5.97 Å². The van der Waals surface area contributed by atoms with E-state index in [0.29, 0.717) is 31.1 Å². The van der Waals surface area contributed by atoms with Crippen molar-refractivity contribution in [2.24, 2.45) is 5.92 Å². The molecule has 0 saturated heterocycles. The highest BCUT2D eigenvalue weighted by molar-refractivity contribution is 5.69. The molecule has 1 unspecified atom stereocenters. The number of hydrogen-bond donors (Lipinski definition) is 0. The van der Waals surface area contributed by atoms with Gasteiger partial charge >= 0.3 is 5.97 Å². The first kappa shape index (κ1) is 16.9. The van der Waals surface area contributed by atoms with Crippen LogP contribution in [0.2, 0.25) is 0 Å². The van der Waals surface area contributed by atoms with E-state index < -0.39 is 0 Å². The molecule has 2 rings (SSSR count). The lowest BCUT2D eigenvalue weighted by molar-refractivity contribution is -0.144. The van der Waals surface area contributed by atoms with Crippen molar-refractivity contribution in [3.8, 4) is 17.2 Å². The number of esters is 1. The number of para-hydroxylation sites is 3. The van der Waals surface area contributed by atoms with Gasteiger partial charge in [0.1, 0.15) is 5.75 Å². The molecule has 0 aliphatic heterocycles. The summed E-state index contributed by atoms with van der Waals surface area (Å²) in [5.74, 6) is 1.94. The first-order valence-corrected chi connectivity index (χ1v) is 7.79. The van der Waals surface area contributed by atoms with E-state index in [4.69, 9.17) is 14.2 Å². The number of carbonyl (C=O) groups is 1. The number of ether oxygens (including phenoxy) is 3. The molecule has 2 aromatic carbocycles. The monoisotopic (exact) mass is 314 g/mol. The zero-order valence-electron chi connectivity index (χ0n) is 13.5. The predicted molar refractivity (Wildman–Crippen MR) is 88.9 cm³/mol. The van der Waals surface area contributed by atoms with Crippen molar-refractivity contribution in [3.05, 3.63) is 54.6 Å². The fourth-order valence-corrected chi connectivity index (χ4v) is 2.06. The van der Waals surface area contributed by atoms with Gasteiger partial charge in [-0.1, -0.05) is 37.3 Å². The number of hydrogen-bond acceptors (Lipinski definition) is 4. The fourth-order valence-electron chi connectivity index (χ4n) is 2.06. The van der Waals surface area contributed by atoms with Gasteiger partial charge in [0.25, 0.3) is 0 Å². The molecule has 0 aliphatic rings. The van der Waals surface area contributed by atoms with Crippen molar-refractivity contribution in [1.29, 1.82) is 0 Å². The highest BCUT2D eigenvalue weighted by Crippen LogP contribution is 2.31. The summed E-state index contributed by atoms with van der Waals surface area (Å²) >= 11 is 0. The van der Waals surface area contributed by atoms with Crippen molar-refractivity contribution in [2.45, 2.75) is 20.3 Å². The summed E-state index contributed by atoms with van der Waals surface area (Å²) in [6.45, 7) is 4.59. The number of benzene rings is 2. The second-order valence-electron chi connectivity index (χ2n) is 5.29. The molecule has 1 atom stereocenters. The van der Waals surface area contributed by atoms with Crippen LogP contribution in [-0.4, -0.2) is 19.2 Å². The molecule has 122 valence electrons. The first-order chi connectivity index (χ1) is 11.2. The molecule has 0 saturated carbocycles. The maximum Gasteiger partial charge on any atom is 0.306 e. The van der Waals surface area contributed by atoms with Gasteiger partial charge in [-0.3, -0.25) is 4.79 Å². The molecule has 23 heavy (non-hydrogen) atoms. The summed E-state index contributed by atoms with van der Waals surface area (Å²) in [4.78, 5) is 11.5. The molecule has 0 spiro atoms. The Morgan fingerprint density at radius 2 is 1.65 bits per heavy atom. The molecule has 0 aliphatic carbocycles. The lowest BCUT2D eigenvalue weighted by atomic mass is 10.1. The summed E-state index contributed by atoms with van der Waals surface area (Å²) in [6, 6.07) is 17.1. The smallest absolute Gasteiger partial charge is 0.306 e. The van der Waals surface area contributed by atoms with Crippen LogP contribution in [0.4, 0.5) is 0 Å². The Morgan fingerprint density at radius 1 is 1.00 bits per heavy atom. The van der Waals surface area contributed by atoms with E-state index >= 15 is 0 Å². The van der Waals surface area contributed by atoms with Crippen LogP contribution in [0.3, 0.4) is 0 Å². The molecule has 2 aromatic rings. The third-order valence-electron chi connectivity index (χ3n) is 3.16. The normalized spacial score (nSPS) is 11.6. The van der Waals surface area contributed by atoms with E-state index in [-0.39, 0.29) is 11.9 Å². The lowest BCUT2D eigenvalue weighted by Crippen LogP contribution is -2.15. The van der Waals surface area contributed by atoms with Crippen LogP contribution >= 0.6 is 0 Å². The van der Waals surface area contributed by atoms with Gasteiger partial charge in [-0.2, -0.15) is 0 Å². The Morgan fingerprint density at radius 3 is 2.35 bits per heavy atom. The van der Waals surface area contributed by atoms with Crippen LogP contribution in [0.1, 0.15) is 20.3 Å². The molecule has 0 amide bonds. The SMILES string of the molecule is CCOC(=O)CC(C)COc1ccccc1Oc1ccccc1. The van der Waals surface area contributed by atoms with Crippen molar-refractivity contribution in [2.75, 3.05) is 13.2 Å². The molecule has 0 fully saturated rings. The Bertz CT molecular complexity index is 610. The molecule has 0 N–H and O–H groups in total. The summed E-state index contributed by atoms with van der Waals surface area (Å²) in [6.07, 6.45) is 0.343. The Hall–Kier alpha value is -2.49. The average Bonchev–Trinajstić information content (AvgIpc) is 2.55. The van der Waals surface area contributed by atoms with E-state index in [2.05, 4.69) is 0 Å². The second-order valence-corrected chi connectivity index (χ2v) is 5.29. The zero-order chi connectivity index (χ0) is 16.5. The summed E-state index contributed by atoms with van der Waals surface area (Å²) in [5.41, 5.74) is 0. The third-order valence-corrected chi connectivity index (χ3v) is 3.16. The van der Waals surface area contributed by atoms with Gasteiger partial charge < -0.3 is 14.2 Å². The van der Waals surface area contributed by atoms with E-state index in [0.717, 1.165) is 5.75 Å². The van der Waals surface area contributed by atoms with Gasteiger partial charge in [-0.05, 0) is 31.2 Å². The zero-order valence-corrected chi connectivity index (χ0v) is 13.5. The minimum Gasteiger partial charge on any atom is -0.489 e. The van der Waals surface area contributed by atoms with Gasteiger partial charge in [0.2, 0.25) is 0 Å². The first-order valence-electron chi connectivity index (χ1n) is 7.79. The molecule has 0 bridgehead atoms. The predicted octanol–water partition coefficient (Wildman–Crippen LogP) is 4.45. The van der Waals surface area contributed by atoms with Gasteiger partial charge in [0.05, 0.1) is 19.6 Å². The molecule has 4 heteroatoms. The maximum atomic E-state index is 11.5. The average molecular weight is 314 g/mol. The van der Waals surface area contributed by atoms with Crippen LogP contribution in [0.25, 0.3) is 0 Å². The summed E-state index contributed by atoms with van der Waals surface area (Å²) < 4.78 is 16.6. The molecule has 0 heterocycles. The van der Waals surface area contributed by atoms with Crippen LogP contribution in [0.15, 0.2) is 54.6 Å². The van der Waals surface area contributed by atoms with Gasteiger partial charge in [-0.25, -0.2) is 0 Å². The largest absolute Gasteiger partial charge is 0.489 e. The lowest BCUT2D eigenvalue weighted by Gasteiger charge is -2.15. The second kappa shape index (κ2) is 8.83. The quantitative estimate of drug-likeness (QED) is 0.675. The van der Waals surface area contributed by atoms with Crippen LogP contribution in [-0.2, 0) is 9.53 Å². The summed E-state index contributed by atoms with van der Waals surface area (Å²) in [5, 5.41) is 0. The third kappa shape index (κ3) is 5.66. The van der Waals surface area contributed by atoms with E-state index in [1.54, 1.807) is 6.92 Å². The minimum atomic E-state index is -0.197. The molecule has 0 radical (unpaired) electrons. The Labute approximate surface area is 137 Å². The molecular formula is C19H22O4. The Balaban J connectivity index is 1.94. The number of rotatable bonds is 8. The Kier molecular flexibility index (Phi) is 6.48. The molecular weight excluding hydrogens is 292 g/mol. The number of carbonyl (C=O) groups excluding carboxylic acids is 1. The van der Waals surface area contributed by atoms with Crippen molar-refractivity contribution in [3.63, 3.8) is 0 Å². The van der Waals surface area contributed by atoms with Gasteiger partial charge in [-0.15, -0.1) is 0 Å². The topological polar surface area (TPSA) is 44.8 Å². The van der Waals surface area contributed by atoms with Gasteiger partial charge in [0, 0.05) is 5.92 Å². The molecule has 0 aromatic heterocycles. The highest BCUT2D eigenvalue weighted by Gasteiger charge is 2.12. The standard InChI is InChI=1S/C19H22O4/c1-3-21-19(20)13-15(2)14-22-17-11-7-8-12-18(17)23-16-9-5-4-6-10-16/h4-12,15H,3,13-14H2,1-2H3. The van der Waals surface area contributed by atoms with Gasteiger partial charge in [0.15, 0.2) is 11.5 Å². The van der Waals surface area contributed by atoms with E-state index in [1.165, 1.54) is 0 Å². The van der Waals surface area contributed by atoms with Crippen LogP contribution in [0.5, 0.6) is 17.2 Å². The van der Waals surface area contributed by atoms with Crippen molar-refractivity contribution in [1.82, 2.24) is 0 Å². The minimum absolute atomic E-state index is 0.0684. The fraction of sp³-hybridized carbons (Fsp3) is 0.316. The van der Waals surface area contributed by atoms with E-state index in [1.807, 2.05) is 61.5 Å². The van der Waals surface area contributed by atoms with Crippen molar-refractivity contribution < 1.29 is 19.0 Å². The maximum absolute atomic E-state index is 11.5.